The molecule has 0 aromatic heterocycles. The third-order valence-electron chi connectivity index (χ3n) is 4.97. The third-order valence-corrected chi connectivity index (χ3v) is 4.97. The molecule has 0 spiro atoms. The molecule has 0 saturated heterocycles. The van der Waals surface area contributed by atoms with E-state index in [-0.39, 0.29) is 19.0 Å². The molecule has 0 unspecified atom stereocenters. The number of fused-ring (bicyclic) bond motifs is 1. The van der Waals surface area contributed by atoms with Crippen molar-refractivity contribution in [2.75, 3.05) is 30.3 Å². The van der Waals surface area contributed by atoms with Gasteiger partial charge in [0, 0.05) is 5.69 Å². The molecule has 5 nitrogen and oxygen atoms in total. The van der Waals surface area contributed by atoms with E-state index >= 15 is 0 Å². The average molecular weight is 419 g/mol. The van der Waals surface area contributed by atoms with Crippen molar-refractivity contribution in [1.82, 2.24) is 4.90 Å². The number of aryl methyl sites for hydroxylation is 2. The number of hydrogen-bond donors (Lipinski definition) is 2. The van der Waals surface area contributed by atoms with Crippen LogP contribution >= 0.6 is 0 Å². The Morgan fingerprint density at radius 1 is 0.933 bits per heavy atom. The molecule has 30 heavy (non-hydrogen) atoms. The Balaban J connectivity index is 1.58. The van der Waals surface area contributed by atoms with Crippen LogP contribution in [-0.2, 0) is 22.4 Å². The quantitative estimate of drug-likeness (QED) is 0.639. The molecule has 160 valence electrons. The van der Waals surface area contributed by atoms with E-state index < -0.39 is 29.0 Å². The van der Waals surface area contributed by atoms with Gasteiger partial charge in [-0.1, -0.05) is 13.0 Å². The van der Waals surface area contributed by atoms with Gasteiger partial charge in [0.05, 0.1) is 18.8 Å². The summed E-state index contributed by atoms with van der Waals surface area (Å²) in [5.41, 5.74) is 2.82. The summed E-state index contributed by atoms with van der Waals surface area (Å²) < 4.78 is 40.1. The summed E-state index contributed by atoms with van der Waals surface area (Å²) in [5.74, 6) is -5.33. The highest BCUT2D eigenvalue weighted by Crippen LogP contribution is 2.25. The van der Waals surface area contributed by atoms with E-state index in [9.17, 15) is 22.8 Å². The molecular formula is C22H24F3N3O2. The smallest absolute Gasteiger partial charge is 0.238 e. The molecule has 0 saturated carbocycles. The SMILES string of the molecule is CCCN(CC(=O)Nc1ccc2c(c1)CCC2)CC(=O)Nc1ccc(F)c(F)c1F. The first-order valence-corrected chi connectivity index (χ1v) is 9.94. The first kappa shape index (κ1) is 21.8. The van der Waals surface area contributed by atoms with Crippen molar-refractivity contribution < 1.29 is 22.8 Å². The number of carbonyl (C=O) groups excluding carboxylic acids is 2. The predicted molar refractivity (Wildman–Crippen MR) is 109 cm³/mol. The molecule has 0 bridgehead atoms. The van der Waals surface area contributed by atoms with Gasteiger partial charge in [-0.05, 0) is 67.6 Å². The highest BCUT2D eigenvalue weighted by molar-refractivity contribution is 5.94. The van der Waals surface area contributed by atoms with Crippen molar-refractivity contribution in [2.45, 2.75) is 32.6 Å². The first-order valence-electron chi connectivity index (χ1n) is 9.94. The second-order valence-corrected chi connectivity index (χ2v) is 7.37. The molecule has 2 amide bonds. The van der Waals surface area contributed by atoms with Gasteiger partial charge < -0.3 is 10.6 Å². The number of carbonyl (C=O) groups is 2. The Bertz CT molecular complexity index is 949. The molecule has 2 aromatic rings. The summed E-state index contributed by atoms with van der Waals surface area (Å²) in [6, 6.07) is 7.55. The summed E-state index contributed by atoms with van der Waals surface area (Å²) in [6.07, 6.45) is 3.87. The monoisotopic (exact) mass is 419 g/mol. The summed E-state index contributed by atoms with van der Waals surface area (Å²) in [5, 5.41) is 5.07. The van der Waals surface area contributed by atoms with Crippen molar-refractivity contribution in [3.8, 4) is 0 Å². The summed E-state index contributed by atoms with van der Waals surface area (Å²) >= 11 is 0. The van der Waals surface area contributed by atoms with Gasteiger partial charge in [0.15, 0.2) is 17.5 Å². The van der Waals surface area contributed by atoms with Gasteiger partial charge in [0.25, 0.3) is 0 Å². The molecule has 1 aliphatic rings. The van der Waals surface area contributed by atoms with E-state index in [1.165, 1.54) is 11.1 Å². The molecule has 0 atom stereocenters. The van der Waals surface area contributed by atoms with Crippen LogP contribution < -0.4 is 10.6 Å². The van der Waals surface area contributed by atoms with E-state index in [4.69, 9.17) is 0 Å². The van der Waals surface area contributed by atoms with Crippen molar-refractivity contribution >= 4 is 23.2 Å². The van der Waals surface area contributed by atoms with E-state index in [2.05, 4.69) is 10.6 Å². The largest absolute Gasteiger partial charge is 0.325 e. The number of benzene rings is 2. The van der Waals surface area contributed by atoms with Crippen LogP contribution in [-0.4, -0.2) is 36.3 Å². The van der Waals surface area contributed by atoms with Gasteiger partial charge in [-0.2, -0.15) is 0 Å². The molecule has 1 aliphatic carbocycles. The predicted octanol–water partition coefficient (Wildman–Crippen LogP) is 3.88. The van der Waals surface area contributed by atoms with Crippen molar-refractivity contribution in [3.05, 3.63) is 58.9 Å². The van der Waals surface area contributed by atoms with Crippen molar-refractivity contribution in [3.63, 3.8) is 0 Å². The molecule has 0 heterocycles. The lowest BCUT2D eigenvalue weighted by atomic mass is 10.1. The van der Waals surface area contributed by atoms with Gasteiger partial charge in [-0.25, -0.2) is 13.2 Å². The minimum atomic E-state index is -1.65. The highest BCUT2D eigenvalue weighted by atomic mass is 19.2. The summed E-state index contributed by atoms with van der Waals surface area (Å²) in [4.78, 5) is 26.3. The molecule has 0 aliphatic heterocycles. The third kappa shape index (κ3) is 5.38. The lowest BCUT2D eigenvalue weighted by molar-refractivity contribution is -0.120. The maximum Gasteiger partial charge on any atom is 0.238 e. The Morgan fingerprint density at radius 3 is 2.37 bits per heavy atom. The zero-order valence-corrected chi connectivity index (χ0v) is 16.7. The normalized spacial score (nSPS) is 12.7. The fourth-order valence-corrected chi connectivity index (χ4v) is 3.60. The molecular weight excluding hydrogens is 395 g/mol. The van der Waals surface area contributed by atoms with Crippen LogP contribution in [0.5, 0.6) is 0 Å². The maximum absolute atomic E-state index is 13.7. The van der Waals surface area contributed by atoms with Crippen LogP contribution in [0.2, 0.25) is 0 Å². The van der Waals surface area contributed by atoms with Gasteiger partial charge >= 0.3 is 0 Å². The van der Waals surface area contributed by atoms with Crippen LogP contribution in [0, 0.1) is 17.5 Å². The highest BCUT2D eigenvalue weighted by Gasteiger charge is 2.19. The fourth-order valence-electron chi connectivity index (χ4n) is 3.60. The zero-order chi connectivity index (χ0) is 21.7. The van der Waals surface area contributed by atoms with E-state index in [0.29, 0.717) is 18.7 Å². The number of nitrogens with zero attached hydrogens (tertiary/aromatic N) is 1. The van der Waals surface area contributed by atoms with Gasteiger partial charge in [-0.3, -0.25) is 14.5 Å². The minimum absolute atomic E-state index is 0.0292. The first-order chi connectivity index (χ1) is 14.4. The molecule has 0 radical (unpaired) electrons. The number of halogens is 3. The van der Waals surface area contributed by atoms with Gasteiger partial charge in [-0.15, -0.1) is 0 Å². The van der Waals surface area contributed by atoms with Crippen LogP contribution in [0.4, 0.5) is 24.5 Å². The lowest BCUT2D eigenvalue weighted by Crippen LogP contribution is -2.39. The molecule has 8 heteroatoms. The van der Waals surface area contributed by atoms with Crippen LogP contribution in [0.15, 0.2) is 30.3 Å². The molecule has 2 aromatic carbocycles. The Hall–Kier alpha value is -2.87. The molecule has 0 fully saturated rings. The van der Waals surface area contributed by atoms with Crippen LogP contribution in [0.25, 0.3) is 0 Å². The van der Waals surface area contributed by atoms with Crippen molar-refractivity contribution in [1.29, 1.82) is 0 Å². The number of rotatable bonds is 8. The Kier molecular flexibility index (Phi) is 7.10. The zero-order valence-electron chi connectivity index (χ0n) is 16.7. The standard InChI is InChI=1S/C22H24F3N3O2/c1-2-10-28(13-20(30)27-18-9-8-17(23)21(24)22(18)25)12-19(29)26-16-7-6-14-4-3-5-15(14)11-16/h6-9,11H,2-5,10,12-13H2,1H3,(H,26,29)(H,27,30). The van der Waals surface area contributed by atoms with E-state index in [0.717, 1.165) is 31.4 Å². The van der Waals surface area contributed by atoms with Crippen molar-refractivity contribution in [2.24, 2.45) is 0 Å². The van der Waals surface area contributed by atoms with Crippen LogP contribution in [0.3, 0.4) is 0 Å². The Morgan fingerprint density at radius 2 is 1.63 bits per heavy atom. The summed E-state index contributed by atoms with van der Waals surface area (Å²) in [6.45, 7) is 2.14. The second-order valence-electron chi connectivity index (χ2n) is 7.37. The molecule has 2 N–H and O–H groups in total. The minimum Gasteiger partial charge on any atom is -0.325 e. The fraction of sp³-hybridized carbons (Fsp3) is 0.364. The number of anilines is 2. The number of nitrogens with one attached hydrogen (secondary N) is 2. The van der Waals surface area contributed by atoms with Gasteiger partial charge in [0.1, 0.15) is 0 Å². The van der Waals surface area contributed by atoms with Gasteiger partial charge in [0.2, 0.25) is 11.8 Å². The van der Waals surface area contributed by atoms with Crippen LogP contribution in [0.1, 0.15) is 30.9 Å². The maximum atomic E-state index is 13.7. The molecule has 3 rings (SSSR count). The lowest BCUT2D eigenvalue weighted by Gasteiger charge is -2.21. The van der Waals surface area contributed by atoms with E-state index in [1.807, 2.05) is 25.1 Å². The average Bonchev–Trinajstić information content (AvgIpc) is 3.16. The van der Waals surface area contributed by atoms with E-state index in [1.54, 1.807) is 4.90 Å². The number of amides is 2. The summed E-state index contributed by atoms with van der Waals surface area (Å²) in [7, 11) is 0. The second kappa shape index (κ2) is 9.75. The topological polar surface area (TPSA) is 61.4 Å². The number of hydrogen-bond acceptors (Lipinski definition) is 3. The Labute approximate surface area is 173 Å².